The van der Waals surface area contributed by atoms with E-state index in [2.05, 4.69) is 5.32 Å². The van der Waals surface area contributed by atoms with Crippen LogP contribution in [0.4, 0.5) is 18.9 Å². The Balaban J connectivity index is 1.79. The van der Waals surface area contributed by atoms with Crippen molar-refractivity contribution in [2.75, 3.05) is 10.8 Å². The van der Waals surface area contributed by atoms with E-state index in [-0.39, 0.29) is 28.9 Å². The minimum atomic E-state index is -4.81. The summed E-state index contributed by atoms with van der Waals surface area (Å²) in [5, 5.41) is 3.01. The minimum Gasteiger partial charge on any atom is -0.352 e. The van der Waals surface area contributed by atoms with E-state index in [0.29, 0.717) is 21.0 Å². The molecule has 44 heavy (non-hydrogen) atoms. The number of carbonyl (C=O) groups excluding carboxylic acids is 2. The maximum Gasteiger partial charge on any atom is 0.416 e. The number of alkyl halides is 3. The van der Waals surface area contributed by atoms with Gasteiger partial charge in [-0.3, -0.25) is 13.9 Å². The zero-order valence-corrected chi connectivity index (χ0v) is 26.2. The number of nitrogens with one attached hydrogen (secondary N) is 1. The van der Waals surface area contributed by atoms with Crippen molar-refractivity contribution in [1.29, 1.82) is 0 Å². The van der Waals surface area contributed by atoms with Crippen LogP contribution in [0.5, 0.6) is 0 Å². The van der Waals surface area contributed by atoms with Crippen LogP contribution in [0.25, 0.3) is 0 Å². The fraction of sp³-hybridized carbons (Fsp3) is 0.355. The number of amides is 2. The van der Waals surface area contributed by atoms with Gasteiger partial charge in [-0.05, 0) is 61.2 Å². The molecule has 7 nitrogen and oxygen atoms in total. The molecule has 1 aliphatic rings. The summed E-state index contributed by atoms with van der Waals surface area (Å²) in [6.45, 7) is 0.633. The first-order chi connectivity index (χ1) is 20.8. The fourth-order valence-electron chi connectivity index (χ4n) is 5.21. The van der Waals surface area contributed by atoms with Crippen molar-refractivity contribution in [2.24, 2.45) is 0 Å². The summed E-state index contributed by atoms with van der Waals surface area (Å²) < 4.78 is 69.6. The van der Waals surface area contributed by atoms with E-state index in [4.69, 9.17) is 23.2 Å². The van der Waals surface area contributed by atoms with E-state index in [1.165, 1.54) is 29.2 Å². The maximum atomic E-state index is 14.2. The first kappa shape index (κ1) is 33.6. The van der Waals surface area contributed by atoms with Crippen LogP contribution < -0.4 is 9.62 Å². The second-order valence-electron chi connectivity index (χ2n) is 10.5. The Labute approximate surface area is 265 Å². The van der Waals surface area contributed by atoms with Crippen molar-refractivity contribution in [2.45, 2.75) is 68.7 Å². The zero-order chi connectivity index (χ0) is 32.1. The van der Waals surface area contributed by atoms with E-state index in [1.54, 1.807) is 37.3 Å². The number of carbonyl (C=O) groups is 2. The molecular weight excluding hydrogens is 638 g/mol. The van der Waals surface area contributed by atoms with Crippen LogP contribution in [0.2, 0.25) is 10.0 Å². The number of hydrogen-bond acceptors (Lipinski definition) is 4. The standard InChI is InChI=1S/C31H32Cl2F3N3O4S/c1-2-27(30(41)37-23-11-7-8-12-23)38(19-21-10-6-9-15-25(21)32)29(40)20-39(44(42,43)24-13-4-3-5-14-24)28-18-22(31(34,35)36)16-17-26(28)33/h3-6,9-10,13-18,23,27H,2,7-8,11-12,19-20H2,1H3,(H,37,41)/t27-/m0/s1. The average Bonchev–Trinajstić information content (AvgIpc) is 3.50. The van der Waals surface area contributed by atoms with Gasteiger partial charge in [-0.1, -0.05) is 79.4 Å². The molecule has 0 aliphatic heterocycles. The quantitative estimate of drug-likeness (QED) is 0.237. The summed E-state index contributed by atoms with van der Waals surface area (Å²) in [6, 6.07) is 14.9. The molecule has 4 rings (SSSR count). The molecule has 0 bridgehead atoms. The lowest BCUT2D eigenvalue weighted by atomic mass is 10.1. The molecule has 0 aromatic heterocycles. The molecular formula is C31H32Cl2F3N3O4S. The van der Waals surface area contributed by atoms with Crippen LogP contribution in [-0.4, -0.2) is 43.8 Å². The molecule has 0 unspecified atom stereocenters. The van der Waals surface area contributed by atoms with E-state index in [0.717, 1.165) is 37.8 Å². The highest BCUT2D eigenvalue weighted by Crippen LogP contribution is 2.37. The molecule has 1 N–H and O–H groups in total. The summed E-state index contributed by atoms with van der Waals surface area (Å²) in [7, 11) is -4.61. The summed E-state index contributed by atoms with van der Waals surface area (Å²) in [6.07, 6.45) is -1.09. The molecule has 0 spiro atoms. The first-order valence-electron chi connectivity index (χ1n) is 14.1. The Hall–Kier alpha value is -3.28. The Kier molecular flexibility index (Phi) is 10.9. The van der Waals surface area contributed by atoms with Gasteiger partial charge in [-0.2, -0.15) is 13.2 Å². The van der Waals surface area contributed by atoms with Crippen molar-refractivity contribution >= 4 is 50.7 Å². The number of anilines is 1. The normalized spacial score (nSPS) is 14.7. The highest BCUT2D eigenvalue weighted by molar-refractivity contribution is 7.92. The van der Waals surface area contributed by atoms with Crippen LogP contribution in [0.3, 0.4) is 0 Å². The number of benzene rings is 3. The number of hydrogen-bond donors (Lipinski definition) is 1. The van der Waals surface area contributed by atoms with Gasteiger partial charge in [-0.15, -0.1) is 0 Å². The van der Waals surface area contributed by atoms with E-state index in [1.807, 2.05) is 0 Å². The monoisotopic (exact) mass is 669 g/mol. The van der Waals surface area contributed by atoms with Crippen molar-refractivity contribution in [3.63, 3.8) is 0 Å². The van der Waals surface area contributed by atoms with Gasteiger partial charge in [-0.25, -0.2) is 8.42 Å². The maximum absolute atomic E-state index is 14.2. The Morgan fingerprint density at radius 1 is 0.955 bits per heavy atom. The van der Waals surface area contributed by atoms with E-state index >= 15 is 0 Å². The van der Waals surface area contributed by atoms with Gasteiger partial charge in [0.1, 0.15) is 12.6 Å². The molecule has 0 saturated heterocycles. The van der Waals surface area contributed by atoms with Gasteiger partial charge in [0.15, 0.2) is 0 Å². The largest absolute Gasteiger partial charge is 0.416 e. The zero-order valence-electron chi connectivity index (χ0n) is 23.9. The summed E-state index contributed by atoms with van der Waals surface area (Å²) >= 11 is 12.7. The van der Waals surface area contributed by atoms with Gasteiger partial charge in [0.2, 0.25) is 11.8 Å². The SMILES string of the molecule is CC[C@@H](C(=O)NC1CCCC1)N(Cc1ccccc1Cl)C(=O)CN(c1cc(C(F)(F)F)ccc1Cl)S(=O)(=O)c1ccccc1. The van der Waals surface area contributed by atoms with Gasteiger partial charge >= 0.3 is 6.18 Å². The lowest BCUT2D eigenvalue weighted by Gasteiger charge is -2.34. The Morgan fingerprint density at radius 3 is 2.20 bits per heavy atom. The van der Waals surface area contributed by atoms with Crippen LogP contribution in [0.1, 0.15) is 50.2 Å². The van der Waals surface area contributed by atoms with Crippen LogP contribution >= 0.6 is 23.2 Å². The molecule has 1 atom stereocenters. The second-order valence-corrected chi connectivity index (χ2v) is 13.2. The molecule has 1 fully saturated rings. The molecule has 2 amide bonds. The molecule has 0 radical (unpaired) electrons. The van der Waals surface area contributed by atoms with Crippen LogP contribution in [0, 0.1) is 0 Å². The summed E-state index contributed by atoms with van der Waals surface area (Å²) in [5.74, 6) is -1.24. The molecule has 3 aromatic rings. The Bertz CT molecular complexity index is 1580. The lowest BCUT2D eigenvalue weighted by Crippen LogP contribution is -2.53. The predicted molar refractivity (Wildman–Crippen MR) is 164 cm³/mol. The molecule has 236 valence electrons. The van der Waals surface area contributed by atoms with Gasteiger partial charge in [0.05, 0.1) is 21.2 Å². The topological polar surface area (TPSA) is 86.8 Å². The summed E-state index contributed by atoms with van der Waals surface area (Å²) in [5.41, 5.74) is -1.17. The molecule has 1 aliphatic carbocycles. The van der Waals surface area contributed by atoms with Gasteiger partial charge in [0, 0.05) is 17.6 Å². The average molecular weight is 671 g/mol. The van der Waals surface area contributed by atoms with E-state index < -0.39 is 51.9 Å². The molecule has 13 heteroatoms. The number of sulfonamides is 1. The van der Waals surface area contributed by atoms with Crippen molar-refractivity contribution in [3.05, 3.63) is 94.0 Å². The van der Waals surface area contributed by atoms with Crippen molar-refractivity contribution < 1.29 is 31.2 Å². The number of halogens is 5. The smallest absolute Gasteiger partial charge is 0.352 e. The van der Waals surface area contributed by atoms with E-state index in [9.17, 15) is 31.2 Å². The molecule has 0 heterocycles. The Morgan fingerprint density at radius 2 is 1.59 bits per heavy atom. The minimum absolute atomic E-state index is 0.0484. The second kappa shape index (κ2) is 14.2. The number of rotatable bonds is 11. The lowest BCUT2D eigenvalue weighted by molar-refractivity contribution is -0.140. The van der Waals surface area contributed by atoms with Crippen LogP contribution in [-0.2, 0) is 32.3 Å². The predicted octanol–water partition coefficient (Wildman–Crippen LogP) is 7.07. The number of nitrogens with zero attached hydrogens (tertiary/aromatic N) is 2. The highest BCUT2D eigenvalue weighted by atomic mass is 35.5. The fourth-order valence-corrected chi connectivity index (χ4v) is 7.12. The van der Waals surface area contributed by atoms with Gasteiger partial charge in [0.25, 0.3) is 10.0 Å². The molecule has 3 aromatic carbocycles. The van der Waals surface area contributed by atoms with Crippen molar-refractivity contribution in [1.82, 2.24) is 10.2 Å². The third kappa shape index (κ3) is 7.86. The highest BCUT2D eigenvalue weighted by Gasteiger charge is 2.37. The molecule has 1 saturated carbocycles. The third-order valence-electron chi connectivity index (χ3n) is 7.54. The summed E-state index contributed by atoms with van der Waals surface area (Å²) in [4.78, 5) is 28.7. The first-order valence-corrected chi connectivity index (χ1v) is 16.3. The third-order valence-corrected chi connectivity index (χ3v) is 10.0. The van der Waals surface area contributed by atoms with Crippen LogP contribution in [0.15, 0.2) is 77.7 Å². The van der Waals surface area contributed by atoms with Crippen molar-refractivity contribution in [3.8, 4) is 0 Å². The van der Waals surface area contributed by atoms with Gasteiger partial charge < -0.3 is 10.2 Å².